The summed E-state index contributed by atoms with van der Waals surface area (Å²) in [4.78, 5) is 16.9. The Morgan fingerprint density at radius 2 is 2.17 bits per heavy atom. The summed E-state index contributed by atoms with van der Waals surface area (Å²) in [7, 11) is 0. The molecule has 0 saturated heterocycles. The van der Waals surface area contributed by atoms with Crippen LogP contribution in [-0.4, -0.2) is 18.4 Å². The van der Waals surface area contributed by atoms with Crippen molar-refractivity contribution in [1.29, 1.82) is 5.26 Å². The zero-order valence-corrected chi connectivity index (χ0v) is 14.1. The fourth-order valence-corrected chi connectivity index (χ4v) is 3.17. The predicted octanol–water partition coefficient (Wildman–Crippen LogP) is 3.16. The van der Waals surface area contributed by atoms with Crippen LogP contribution in [0.25, 0.3) is 0 Å². The molecular weight excluding hydrogens is 326 g/mol. The van der Waals surface area contributed by atoms with Gasteiger partial charge in [-0.2, -0.15) is 5.26 Å². The number of amidine groups is 1. The molecule has 1 aromatic carbocycles. The van der Waals surface area contributed by atoms with Gasteiger partial charge in [0.15, 0.2) is 0 Å². The van der Waals surface area contributed by atoms with E-state index in [0.29, 0.717) is 34.4 Å². The molecule has 3 rings (SSSR count). The lowest BCUT2D eigenvalue weighted by Crippen LogP contribution is -2.35. The van der Waals surface area contributed by atoms with E-state index in [4.69, 9.17) is 22.1 Å². The number of benzene rings is 1. The van der Waals surface area contributed by atoms with Gasteiger partial charge in [-0.15, -0.1) is 0 Å². The van der Waals surface area contributed by atoms with E-state index in [0.717, 1.165) is 12.8 Å². The number of aliphatic imine (C=N–C) groups is 1. The molecule has 5 nitrogen and oxygen atoms in total. The van der Waals surface area contributed by atoms with Gasteiger partial charge in [-0.25, -0.2) is 9.79 Å². The number of hydrogen-bond acceptors (Lipinski definition) is 5. The number of nitrogens with two attached hydrogens (primary N) is 1. The normalized spacial score (nSPS) is 23.5. The van der Waals surface area contributed by atoms with Crippen molar-refractivity contribution in [1.82, 2.24) is 0 Å². The third-order valence-corrected chi connectivity index (χ3v) is 4.74. The van der Waals surface area contributed by atoms with E-state index in [1.165, 1.54) is 0 Å². The van der Waals surface area contributed by atoms with Crippen LogP contribution in [0.15, 0.2) is 40.5 Å². The van der Waals surface area contributed by atoms with Gasteiger partial charge in [0, 0.05) is 10.9 Å². The van der Waals surface area contributed by atoms with Gasteiger partial charge >= 0.3 is 5.97 Å². The quantitative estimate of drug-likeness (QED) is 0.850. The number of nitriles is 1. The molecule has 1 aromatic rings. The second-order valence-electron chi connectivity index (χ2n) is 6.18. The van der Waals surface area contributed by atoms with Crippen molar-refractivity contribution in [2.24, 2.45) is 22.6 Å². The second-order valence-corrected chi connectivity index (χ2v) is 6.59. The highest BCUT2D eigenvalue weighted by Gasteiger charge is 2.39. The van der Waals surface area contributed by atoms with Gasteiger partial charge in [0.1, 0.15) is 11.8 Å². The van der Waals surface area contributed by atoms with Crippen molar-refractivity contribution in [3.63, 3.8) is 0 Å². The molecule has 1 saturated carbocycles. The zero-order chi connectivity index (χ0) is 17.3. The van der Waals surface area contributed by atoms with Crippen LogP contribution in [0.4, 0.5) is 0 Å². The van der Waals surface area contributed by atoms with Gasteiger partial charge < -0.3 is 10.5 Å². The Labute approximate surface area is 145 Å². The summed E-state index contributed by atoms with van der Waals surface area (Å²) < 4.78 is 5.44. The Morgan fingerprint density at radius 1 is 1.46 bits per heavy atom. The van der Waals surface area contributed by atoms with Gasteiger partial charge in [-0.05, 0) is 37.3 Å². The number of ether oxygens (including phenoxy) is 1. The third-order valence-electron chi connectivity index (χ3n) is 4.40. The smallest absolute Gasteiger partial charge is 0.336 e. The maximum atomic E-state index is 12.7. The van der Waals surface area contributed by atoms with E-state index in [2.05, 4.69) is 11.1 Å². The molecule has 1 aliphatic heterocycles. The van der Waals surface area contributed by atoms with E-state index in [1.807, 2.05) is 6.07 Å². The average Bonchev–Trinajstić information content (AvgIpc) is 3.37. The van der Waals surface area contributed by atoms with Crippen molar-refractivity contribution in [3.05, 3.63) is 46.1 Å². The molecule has 1 fully saturated rings. The number of esters is 1. The van der Waals surface area contributed by atoms with E-state index >= 15 is 0 Å². The monoisotopic (exact) mass is 343 g/mol. The first kappa shape index (κ1) is 16.5. The number of allylic oxidation sites excluding steroid dienone is 1. The molecule has 0 radical (unpaired) electrons. The molecule has 6 heteroatoms. The highest BCUT2D eigenvalue weighted by atomic mass is 35.5. The summed E-state index contributed by atoms with van der Waals surface area (Å²) in [5, 5.41) is 10.1. The SMILES string of the molecule is CC1=C(C(=O)OCC2CC2)C(c2ccccc2Cl)C(C#N)C(N)=N1. The van der Waals surface area contributed by atoms with E-state index in [1.54, 1.807) is 25.1 Å². The van der Waals surface area contributed by atoms with Crippen molar-refractivity contribution in [2.45, 2.75) is 25.7 Å². The first-order valence-electron chi connectivity index (χ1n) is 7.89. The highest BCUT2D eigenvalue weighted by molar-refractivity contribution is 6.31. The molecule has 0 aromatic heterocycles. The topological polar surface area (TPSA) is 88.5 Å². The Bertz CT molecular complexity index is 775. The lowest BCUT2D eigenvalue weighted by Gasteiger charge is -2.29. The van der Waals surface area contributed by atoms with E-state index in [9.17, 15) is 10.1 Å². The summed E-state index contributed by atoms with van der Waals surface area (Å²) >= 11 is 6.32. The van der Waals surface area contributed by atoms with Crippen LogP contribution >= 0.6 is 11.6 Å². The molecule has 0 spiro atoms. The average molecular weight is 344 g/mol. The van der Waals surface area contributed by atoms with Crippen LogP contribution in [-0.2, 0) is 9.53 Å². The first-order chi connectivity index (χ1) is 11.5. The van der Waals surface area contributed by atoms with E-state index in [-0.39, 0.29) is 5.84 Å². The van der Waals surface area contributed by atoms with Crippen LogP contribution in [0.3, 0.4) is 0 Å². The Hall–Kier alpha value is -2.32. The van der Waals surface area contributed by atoms with Crippen LogP contribution in [0.2, 0.25) is 5.02 Å². The van der Waals surface area contributed by atoms with Crippen LogP contribution in [0.1, 0.15) is 31.2 Å². The van der Waals surface area contributed by atoms with Crippen molar-refractivity contribution < 1.29 is 9.53 Å². The maximum absolute atomic E-state index is 12.7. The molecule has 124 valence electrons. The zero-order valence-electron chi connectivity index (χ0n) is 13.3. The van der Waals surface area contributed by atoms with Crippen LogP contribution in [0.5, 0.6) is 0 Å². The summed E-state index contributed by atoms with van der Waals surface area (Å²) in [6, 6.07) is 9.31. The number of halogens is 1. The molecule has 2 unspecified atom stereocenters. The van der Waals surface area contributed by atoms with Gasteiger partial charge in [0.2, 0.25) is 0 Å². The first-order valence-corrected chi connectivity index (χ1v) is 8.26. The number of hydrogen-bond donors (Lipinski definition) is 1. The molecule has 24 heavy (non-hydrogen) atoms. The molecule has 0 amide bonds. The summed E-state index contributed by atoms with van der Waals surface area (Å²) in [5.74, 6) is -1.12. The number of rotatable bonds is 4. The number of nitrogens with zero attached hydrogens (tertiary/aromatic N) is 2. The van der Waals surface area contributed by atoms with Gasteiger partial charge in [0.05, 0.1) is 23.9 Å². The minimum Gasteiger partial charge on any atom is -0.462 e. The Balaban J connectivity index is 2.02. The van der Waals surface area contributed by atoms with Gasteiger partial charge in [-0.3, -0.25) is 0 Å². The maximum Gasteiger partial charge on any atom is 0.336 e. The third kappa shape index (κ3) is 3.15. The number of carbonyl (C=O) groups excluding carboxylic acids is 1. The van der Waals surface area contributed by atoms with Crippen LogP contribution < -0.4 is 5.73 Å². The lowest BCUT2D eigenvalue weighted by atomic mass is 9.78. The molecule has 2 N–H and O–H groups in total. The standard InChI is InChI=1S/C18H18ClN3O2/c1-10-15(18(23)24-9-11-6-7-11)16(13(8-20)17(21)22-10)12-4-2-3-5-14(12)19/h2-5,11,13,16H,6-7,9H2,1H3,(H2,21,22). The molecule has 2 atom stereocenters. The van der Waals surface area contributed by atoms with Crippen LogP contribution in [0, 0.1) is 23.2 Å². The summed E-state index contributed by atoms with van der Waals surface area (Å²) in [6.07, 6.45) is 2.18. The minimum absolute atomic E-state index is 0.193. The fraction of sp³-hybridized carbons (Fsp3) is 0.389. The van der Waals surface area contributed by atoms with Gasteiger partial charge in [0.25, 0.3) is 0 Å². The second kappa shape index (κ2) is 6.66. The highest BCUT2D eigenvalue weighted by Crippen LogP contribution is 2.41. The molecule has 1 heterocycles. The Kier molecular flexibility index (Phi) is 4.59. The molecule has 1 aliphatic carbocycles. The van der Waals surface area contributed by atoms with Crippen molar-refractivity contribution in [2.75, 3.05) is 6.61 Å². The summed E-state index contributed by atoms with van der Waals surface area (Å²) in [5.41, 5.74) is 7.47. The summed E-state index contributed by atoms with van der Waals surface area (Å²) in [6.45, 7) is 2.11. The minimum atomic E-state index is -0.753. The predicted molar refractivity (Wildman–Crippen MR) is 91.3 cm³/mol. The molecule has 2 aliphatic rings. The van der Waals surface area contributed by atoms with Gasteiger partial charge in [-0.1, -0.05) is 29.8 Å². The molecule has 0 bridgehead atoms. The Morgan fingerprint density at radius 3 is 2.79 bits per heavy atom. The van der Waals surface area contributed by atoms with E-state index < -0.39 is 17.8 Å². The van der Waals surface area contributed by atoms with Crippen molar-refractivity contribution >= 4 is 23.4 Å². The lowest BCUT2D eigenvalue weighted by molar-refractivity contribution is -0.140. The fourth-order valence-electron chi connectivity index (χ4n) is 2.92. The van der Waals surface area contributed by atoms with Crippen molar-refractivity contribution in [3.8, 4) is 6.07 Å². The largest absolute Gasteiger partial charge is 0.462 e. The molecular formula is C18H18ClN3O2. The number of carbonyl (C=O) groups is 1.